The molecule has 0 saturated carbocycles. The molecule has 3 aromatic rings. The first-order chi connectivity index (χ1) is 16.0. The number of rotatable bonds is 8. The van der Waals surface area contributed by atoms with Crippen LogP contribution in [-0.4, -0.2) is 46.8 Å². The number of phenols is 1. The van der Waals surface area contributed by atoms with Crippen molar-refractivity contribution in [3.63, 3.8) is 0 Å². The number of hydrogen-bond acceptors (Lipinski definition) is 6. The number of aromatic nitrogens is 2. The van der Waals surface area contributed by atoms with Crippen LogP contribution in [0.1, 0.15) is 44.7 Å². The smallest absolute Gasteiger partial charge is 0.321 e. The molecular formula is C25H29N3O5. The van der Waals surface area contributed by atoms with Crippen LogP contribution in [0, 0.1) is 5.92 Å². The number of carbonyl (C=O) groups is 2. The molecule has 1 aliphatic rings. The van der Waals surface area contributed by atoms with Crippen molar-refractivity contribution in [2.75, 3.05) is 25.2 Å². The lowest BCUT2D eigenvalue weighted by atomic mass is 9.89. The number of benzene rings is 2. The van der Waals surface area contributed by atoms with E-state index in [1.54, 1.807) is 24.0 Å². The van der Waals surface area contributed by atoms with E-state index in [-0.39, 0.29) is 24.0 Å². The van der Waals surface area contributed by atoms with Crippen molar-refractivity contribution in [1.82, 2.24) is 9.55 Å². The third-order valence-electron chi connectivity index (χ3n) is 6.02. The molecule has 8 heteroatoms. The molecule has 4 rings (SSSR count). The van der Waals surface area contributed by atoms with Crippen molar-refractivity contribution in [1.29, 1.82) is 0 Å². The van der Waals surface area contributed by atoms with Gasteiger partial charge in [-0.15, -0.1) is 0 Å². The fraction of sp³-hybridized carbons (Fsp3) is 0.400. The predicted octanol–water partition coefficient (Wildman–Crippen LogP) is 4.06. The van der Waals surface area contributed by atoms with Crippen molar-refractivity contribution >= 4 is 28.9 Å². The second-order valence-electron chi connectivity index (χ2n) is 8.07. The predicted molar refractivity (Wildman–Crippen MR) is 125 cm³/mol. The summed E-state index contributed by atoms with van der Waals surface area (Å²) in [5.74, 6) is -1.25. The van der Waals surface area contributed by atoms with Crippen LogP contribution in [0.3, 0.4) is 0 Å². The molecule has 0 fully saturated rings. The Labute approximate surface area is 192 Å². The first kappa shape index (κ1) is 22.6. The number of fused-ring (bicyclic) bond motifs is 3. The Morgan fingerprint density at radius 1 is 1.15 bits per heavy atom. The van der Waals surface area contributed by atoms with Gasteiger partial charge in [-0.05, 0) is 43.2 Å². The maximum Gasteiger partial charge on any atom is 0.321 e. The molecule has 174 valence electrons. The highest BCUT2D eigenvalue weighted by Gasteiger charge is 2.47. The summed E-state index contributed by atoms with van der Waals surface area (Å²) < 4.78 is 12.6. The molecule has 0 spiro atoms. The van der Waals surface area contributed by atoms with E-state index >= 15 is 0 Å². The topological polar surface area (TPSA) is 93.9 Å². The minimum absolute atomic E-state index is 0.0204. The van der Waals surface area contributed by atoms with E-state index in [0.29, 0.717) is 18.1 Å². The molecule has 33 heavy (non-hydrogen) atoms. The molecule has 8 nitrogen and oxygen atoms in total. The van der Waals surface area contributed by atoms with E-state index in [4.69, 9.17) is 14.5 Å². The van der Waals surface area contributed by atoms with Gasteiger partial charge in [-0.2, -0.15) is 0 Å². The van der Waals surface area contributed by atoms with Gasteiger partial charge in [0.05, 0.1) is 30.8 Å². The standard InChI is InChI=1S/C25H29N3O5/c1-4-6-9-14-27-23(30)21(24(31)33-5-2)22(16-12-13-19(29)20(15-16)32-3)28-18-11-8-7-10-17(18)26-25(27)28/h7-8,10-13,15,21-22,29H,4-6,9,14H2,1-3H3. The molecule has 0 radical (unpaired) electrons. The van der Waals surface area contributed by atoms with Gasteiger partial charge in [0, 0.05) is 6.54 Å². The van der Waals surface area contributed by atoms with Crippen LogP contribution in [0.5, 0.6) is 11.5 Å². The van der Waals surface area contributed by atoms with Gasteiger partial charge < -0.3 is 19.1 Å². The van der Waals surface area contributed by atoms with Crippen LogP contribution < -0.4 is 9.64 Å². The average molecular weight is 452 g/mol. The lowest BCUT2D eigenvalue weighted by Gasteiger charge is -2.38. The summed E-state index contributed by atoms with van der Waals surface area (Å²) in [6.07, 6.45) is 2.78. The SMILES string of the molecule is CCCCCN1C(=O)C(C(=O)OCC)C(c2ccc(O)c(OC)c2)n2c1nc1ccccc12. The summed E-state index contributed by atoms with van der Waals surface area (Å²) in [5, 5.41) is 10.1. The third-order valence-corrected chi connectivity index (χ3v) is 6.02. The van der Waals surface area contributed by atoms with Gasteiger partial charge in [0.2, 0.25) is 11.9 Å². The second kappa shape index (κ2) is 9.52. The highest BCUT2D eigenvalue weighted by atomic mass is 16.5. The van der Waals surface area contributed by atoms with Crippen LogP contribution in [-0.2, 0) is 14.3 Å². The number of unbranched alkanes of at least 4 members (excludes halogenated alkanes) is 2. The Kier molecular flexibility index (Phi) is 6.53. The minimum Gasteiger partial charge on any atom is -0.504 e. The zero-order chi connectivity index (χ0) is 23.5. The fourth-order valence-corrected chi connectivity index (χ4v) is 4.46. The van der Waals surface area contributed by atoms with E-state index in [1.807, 2.05) is 28.8 Å². The number of aromatic hydroxyl groups is 1. The number of nitrogens with zero attached hydrogens (tertiary/aromatic N) is 3. The Hall–Kier alpha value is -3.55. The van der Waals surface area contributed by atoms with Crippen LogP contribution in [0.2, 0.25) is 0 Å². The van der Waals surface area contributed by atoms with Gasteiger partial charge >= 0.3 is 5.97 Å². The molecule has 2 heterocycles. The van der Waals surface area contributed by atoms with Gasteiger partial charge in [-0.3, -0.25) is 14.5 Å². The zero-order valence-electron chi connectivity index (χ0n) is 19.2. The number of carbonyl (C=O) groups excluding carboxylic acids is 2. The van der Waals surface area contributed by atoms with Crippen molar-refractivity contribution < 1.29 is 24.2 Å². The fourth-order valence-electron chi connectivity index (χ4n) is 4.46. The lowest BCUT2D eigenvalue weighted by molar-refractivity contribution is -0.153. The summed E-state index contributed by atoms with van der Waals surface area (Å²) in [6, 6.07) is 11.8. The normalized spacial score (nSPS) is 17.8. The van der Waals surface area contributed by atoms with Crippen molar-refractivity contribution in [2.24, 2.45) is 5.92 Å². The first-order valence-electron chi connectivity index (χ1n) is 11.3. The average Bonchev–Trinajstić information content (AvgIpc) is 3.19. The van der Waals surface area contributed by atoms with E-state index in [0.717, 1.165) is 30.3 Å². The van der Waals surface area contributed by atoms with Gasteiger partial charge in [0.1, 0.15) is 0 Å². The van der Waals surface area contributed by atoms with Crippen LogP contribution >= 0.6 is 0 Å². The monoisotopic (exact) mass is 451 g/mol. The third kappa shape index (κ3) is 4.01. The summed E-state index contributed by atoms with van der Waals surface area (Å²) >= 11 is 0. The molecule has 1 N–H and O–H groups in total. The van der Waals surface area contributed by atoms with Gasteiger partial charge in [0.15, 0.2) is 17.4 Å². The van der Waals surface area contributed by atoms with Gasteiger partial charge in [-0.1, -0.05) is 38.0 Å². The number of para-hydroxylation sites is 2. The van der Waals surface area contributed by atoms with Crippen molar-refractivity contribution in [3.05, 3.63) is 48.0 Å². The maximum atomic E-state index is 13.8. The Morgan fingerprint density at radius 2 is 1.94 bits per heavy atom. The molecule has 1 aromatic heterocycles. The Bertz CT molecular complexity index is 1170. The zero-order valence-corrected chi connectivity index (χ0v) is 19.2. The molecule has 2 unspecified atom stereocenters. The second-order valence-corrected chi connectivity index (χ2v) is 8.07. The quantitative estimate of drug-likeness (QED) is 0.315. The molecule has 1 aliphatic heterocycles. The van der Waals surface area contributed by atoms with Gasteiger partial charge in [-0.25, -0.2) is 4.98 Å². The minimum atomic E-state index is -1.09. The maximum absolute atomic E-state index is 13.8. The largest absolute Gasteiger partial charge is 0.504 e. The van der Waals surface area contributed by atoms with Crippen LogP contribution in [0.4, 0.5) is 5.95 Å². The van der Waals surface area contributed by atoms with Crippen LogP contribution in [0.15, 0.2) is 42.5 Å². The number of imidazole rings is 1. The molecule has 2 aromatic carbocycles. The van der Waals surface area contributed by atoms with Gasteiger partial charge in [0.25, 0.3) is 0 Å². The number of hydrogen-bond donors (Lipinski definition) is 1. The van der Waals surface area contributed by atoms with Crippen molar-refractivity contribution in [3.8, 4) is 11.5 Å². The van der Waals surface area contributed by atoms with Crippen LogP contribution in [0.25, 0.3) is 11.0 Å². The summed E-state index contributed by atoms with van der Waals surface area (Å²) in [6.45, 7) is 4.46. The molecule has 0 saturated heterocycles. The lowest BCUT2D eigenvalue weighted by Crippen LogP contribution is -2.50. The molecule has 0 aliphatic carbocycles. The first-order valence-corrected chi connectivity index (χ1v) is 11.3. The summed E-state index contributed by atoms with van der Waals surface area (Å²) in [4.78, 5) is 33.3. The molecule has 2 atom stereocenters. The molecule has 1 amide bonds. The number of anilines is 1. The van der Waals surface area contributed by atoms with E-state index in [1.165, 1.54) is 13.2 Å². The number of methoxy groups -OCH3 is 1. The Balaban J connectivity index is 1.96. The number of ether oxygens (including phenoxy) is 2. The summed E-state index contributed by atoms with van der Waals surface area (Å²) in [7, 11) is 1.46. The number of esters is 1. The van der Waals surface area contributed by atoms with E-state index in [2.05, 4.69) is 6.92 Å². The summed E-state index contributed by atoms with van der Waals surface area (Å²) in [5.41, 5.74) is 2.20. The molecule has 0 bridgehead atoms. The number of amides is 1. The highest BCUT2D eigenvalue weighted by Crippen LogP contribution is 2.43. The van der Waals surface area contributed by atoms with Crippen molar-refractivity contribution in [2.45, 2.75) is 39.2 Å². The highest BCUT2D eigenvalue weighted by molar-refractivity contribution is 6.08. The molecular weight excluding hydrogens is 422 g/mol. The van der Waals surface area contributed by atoms with E-state index < -0.39 is 17.9 Å². The number of phenolic OH excluding ortho intramolecular Hbond substituents is 1. The Morgan fingerprint density at radius 3 is 2.67 bits per heavy atom. The van der Waals surface area contributed by atoms with E-state index in [9.17, 15) is 14.7 Å².